The smallest absolute Gasteiger partial charge is 0.314 e. The van der Waals surface area contributed by atoms with Crippen molar-refractivity contribution in [1.82, 2.24) is 20.4 Å². The third kappa shape index (κ3) is 6.99. The third-order valence-electron chi connectivity index (χ3n) is 6.17. The highest BCUT2D eigenvalue weighted by molar-refractivity contribution is 5.74. The molecule has 2 saturated heterocycles. The van der Waals surface area contributed by atoms with Crippen LogP contribution >= 0.6 is 0 Å². The van der Waals surface area contributed by atoms with Crippen molar-refractivity contribution in [1.29, 1.82) is 0 Å². The molecule has 3 amide bonds. The zero-order valence-electron chi connectivity index (χ0n) is 18.1. The quantitative estimate of drug-likeness (QED) is 0.680. The van der Waals surface area contributed by atoms with Crippen LogP contribution in [0.15, 0.2) is 30.3 Å². The molecular weight excluding hydrogens is 380 g/mol. The first kappa shape index (κ1) is 22.6. The number of ether oxygens (including phenoxy) is 1. The fourth-order valence-corrected chi connectivity index (χ4v) is 4.52. The predicted octanol–water partition coefficient (Wildman–Crippen LogP) is 2.02. The Morgan fingerprint density at radius 2 is 1.80 bits per heavy atom. The standard InChI is InChI=1S/C23H36N4O3/c1-19(28)26-14-5-8-22(18-26)27(21-10-16-30-17-11-21)15-13-25-23(29)24-12-9-20-6-3-2-4-7-20/h2-4,6-7,21-22H,5,8-18H2,1H3,(H2,24,25,29). The Balaban J connectivity index is 1.45. The van der Waals surface area contributed by atoms with Gasteiger partial charge in [-0.1, -0.05) is 30.3 Å². The van der Waals surface area contributed by atoms with Gasteiger partial charge in [0.25, 0.3) is 0 Å². The van der Waals surface area contributed by atoms with Crippen LogP contribution < -0.4 is 10.6 Å². The summed E-state index contributed by atoms with van der Waals surface area (Å²) in [6, 6.07) is 10.9. The van der Waals surface area contributed by atoms with Crippen molar-refractivity contribution >= 4 is 11.9 Å². The molecule has 0 saturated carbocycles. The second kappa shape index (κ2) is 11.9. The van der Waals surface area contributed by atoms with Crippen molar-refractivity contribution in [2.24, 2.45) is 0 Å². The lowest BCUT2D eigenvalue weighted by molar-refractivity contribution is -0.131. The van der Waals surface area contributed by atoms with E-state index in [9.17, 15) is 9.59 Å². The molecule has 166 valence electrons. The number of hydrogen-bond acceptors (Lipinski definition) is 4. The van der Waals surface area contributed by atoms with E-state index in [-0.39, 0.29) is 11.9 Å². The van der Waals surface area contributed by atoms with Gasteiger partial charge >= 0.3 is 6.03 Å². The molecule has 0 radical (unpaired) electrons. The van der Waals surface area contributed by atoms with E-state index in [1.165, 1.54) is 5.56 Å². The van der Waals surface area contributed by atoms with E-state index < -0.39 is 0 Å². The van der Waals surface area contributed by atoms with Gasteiger partial charge in [-0.3, -0.25) is 9.69 Å². The van der Waals surface area contributed by atoms with Gasteiger partial charge in [0.1, 0.15) is 0 Å². The molecule has 1 aromatic carbocycles. The lowest BCUT2D eigenvalue weighted by Crippen LogP contribution is -2.55. The molecule has 2 aliphatic rings. The highest BCUT2D eigenvalue weighted by atomic mass is 16.5. The summed E-state index contributed by atoms with van der Waals surface area (Å²) >= 11 is 0. The number of likely N-dealkylation sites (tertiary alicyclic amines) is 1. The van der Waals surface area contributed by atoms with Crippen molar-refractivity contribution in [3.63, 3.8) is 0 Å². The summed E-state index contributed by atoms with van der Waals surface area (Å²) in [5, 5.41) is 5.95. The van der Waals surface area contributed by atoms with E-state index >= 15 is 0 Å². The van der Waals surface area contributed by atoms with E-state index in [0.717, 1.165) is 65.0 Å². The van der Waals surface area contributed by atoms with Gasteiger partial charge in [-0.25, -0.2) is 4.79 Å². The number of carbonyl (C=O) groups is 2. The van der Waals surface area contributed by atoms with E-state index in [0.29, 0.717) is 25.2 Å². The summed E-state index contributed by atoms with van der Waals surface area (Å²) < 4.78 is 5.55. The fraction of sp³-hybridized carbons (Fsp3) is 0.652. The summed E-state index contributed by atoms with van der Waals surface area (Å²) in [5.74, 6) is 0.155. The maximum absolute atomic E-state index is 12.2. The van der Waals surface area contributed by atoms with E-state index in [1.807, 2.05) is 23.1 Å². The monoisotopic (exact) mass is 416 g/mol. The van der Waals surface area contributed by atoms with Crippen LogP contribution in [0, 0.1) is 0 Å². The molecule has 0 spiro atoms. The van der Waals surface area contributed by atoms with Gasteiger partial charge in [0, 0.05) is 64.9 Å². The van der Waals surface area contributed by atoms with Crippen molar-refractivity contribution in [2.75, 3.05) is 45.9 Å². The number of nitrogens with zero attached hydrogens (tertiary/aromatic N) is 2. The number of carbonyl (C=O) groups excluding carboxylic acids is 2. The average molecular weight is 417 g/mol. The molecule has 2 N–H and O–H groups in total. The molecule has 2 aliphatic heterocycles. The van der Waals surface area contributed by atoms with Gasteiger partial charge in [0.2, 0.25) is 5.91 Å². The number of hydrogen-bond donors (Lipinski definition) is 2. The molecule has 1 unspecified atom stereocenters. The minimum absolute atomic E-state index is 0.119. The van der Waals surface area contributed by atoms with Crippen molar-refractivity contribution < 1.29 is 14.3 Å². The second-order valence-electron chi connectivity index (χ2n) is 8.26. The van der Waals surface area contributed by atoms with Crippen LogP contribution in [0.1, 0.15) is 38.2 Å². The van der Waals surface area contributed by atoms with E-state index in [4.69, 9.17) is 4.74 Å². The topological polar surface area (TPSA) is 73.9 Å². The molecule has 0 aromatic heterocycles. The number of nitrogens with one attached hydrogen (secondary N) is 2. The molecule has 0 aliphatic carbocycles. The minimum atomic E-state index is -0.119. The van der Waals surface area contributed by atoms with Gasteiger partial charge in [-0.05, 0) is 37.7 Å². The van der Waals surface area contributed by atoms with Crippen molar-refractivity contribution in [2.45, 2.75) is 51.1 Å². The van der Waals surface area contributed by atoms with Crippen LogP contribution in [-0.4, -0.2) is 79.8 Å². The molecule has 0 bridgehead atoms. The maximum Gasteiger partial charge on any atom is 0.314 e. The number of piperidine rings is 1. The Bertz CT molecular complexity index is 664. The fourth-order valence-electron chi connectivity index (χ4n) is 4.52. The number of benzene rings is 1. The van der Waals surface area contributed by atoms with Crippen LogP contribution in [-0.2, 0) is 16.0 Å². The minimum Gasteiger partial charge on any atom is -0.381 e. The van der Waals surface area contributed by atoms with Crippen molar-refractivity contribution in [3.8, 4) is 0 Å². The Morgan fingerprint density at radius 3 is 2.53 bits per heavy atom. The highest BCUT2D eigenvalue weighted by Crippen LogP contribution is 2.23. The zero-order valence-corrected chi connectivity index (χ0v) is 18.1. The summed E-state index contributed by atoms with van der Waals surface area (Å²) in [4.78, 5) is 28.5. The largest absolute Gasteiger partial charge is 0.381 e. The molecule has 2 heterocycles. The molecule has 2 fully saturated rings. The first-order valence-corrected chi connectivity index (χ1v) is 11.3. The van der Waals surface area contributed by atoms with Gasteiger partial charge in [-0.2, -0.15) is 0 Å². The number of rotatable bonds is 8. The Morgan fingerprint density at radius 1 is 1.07 bits per heavy atom. The van der Waals surface area contributed by atoms with Crippen LogP contribution in [0.5, 0.6) is 0 Å². The first-order chi connectivity index (χ1) is 14.6. The average Bonchev–Trinajstić information content (AvgIpc) is 2.78. The van der Waals surface area contributed by atoms with Gasteiger partial charge in [-0.15, -0.1) is 0 Å². The van der Waals surface area contributed by atoms with Gasteiger partial charge < -0.3 is 20.3 Å². The SMILES string of the molecule is CC(=O)N1CCCC(N(CCNC(=O)NCCc2ccccc2)C2CCOCC2)C1. The van der Waals surface area contributed by atoms with E-state index in [2.05, 4.69) is 27.7 Å². The third-order valence-corrected chi connectivity index (χ3v) is 6.17. The second-order valence-corrected chi connectivity index (χ2v) is 8.26. The number of amides is 3. The highest BCUT2D eigenvalue weighted by Gasteiger charge is 2.31. The predicted molar refractivity (Wildman–Crippen MR) is 117 cm³/mol. The van der Waals surface area contributed by atoms with Crippen LogP contribution in [0.25, 0.3) is 0 Å². The Labute approximate surface area is 180 Å². The summed E-state index contributed by atoms with van der Waals surface area (Å²) in [5.41, 5.74) is 1.22. The Hall–Kier alpha value is -2.12. The zero-order chi connectivity index (χ0) is 21.2. The van der Waals surface area contributed by atoms with Gasteiger partial charge in [0.15, 0.2) is 0 Å². The normalized spacial score (nSPS) is 20.2. The van der Waals surface area contributed by atoms with Crippen LogP contribution in [0.3, 0.4) is 0 Å². The molecule has 3 rings (SSSR count). The summed E-state index contributed by atoms with van der Waals surface area (Å²) in [7, 11) is 0. The molecule has 1 aromatic rings. The first-order valence-electron chi connectivity index (χ1n) is 11.3. The maximum atomic E-state index is 12.2. The molecule has 7 nitrogen and oxygen atoms in total. The summed E-state index contributed by atoms with van der Waals surface area (Å²) in [6.45, 7) is 6.90. The van der Waals surface area contributed by atoms with Gasteiger partial charge in [0.05, 0.1) is 0 Å². The summed E-state index contributed by atoms with van der Waals surface area (Å²) in [6.07, 6.45) is 4.99. The van der Waals surface area contributed by atoms with Crippen LogP contribution in [0.4, 0.5) is 4.79 Å². The number of urea groups is 1. The van der Waals surface area contributed by atoms with Crippen LogP contribution in [0.2, 0.25) is 0 Å². The van der Waals surface area contributed by atoms with Crippen molar-refractivity contribution in [3.05, 3.63) is 35.9 Å². The molecule has 1 atom stereocenters. The van der Waals surface area contributed by atoms with E-state index in [1.54, 1.807) is 6.92 Å². The lowest BCUT2D eigenvalue weighted by atomic mass is 9.98. The molecule has 30 heavy (non-hydrogen) atoms. The molecule has 7 heteroatoms. The molecular formula is C23H36N4O3. The lowest BCUT2D eigenvalue weighted by Gasteiger charge is -2.44. The Kier molecular flexibility index (Phi) is 8.96.